The van der Waals surface area contributed by atoms with Gasteiger partial charge in [-0.15, -0.1) is 0 Å². The number of phenolic OH excluding ortho intramolecular Hbond substituents is 1. The van der Waals surface area contributed by atoms with Crippen LogP contribution in [-0.2, 0) is 26.9 Å². The zero-order valence-electron chi connectivity index (χ0n) is 10.4. The van der Waals surface area contributed by atoms with Crippen molar-refractivity contribution in [3.8, 4) is 5.75 Å². The summed E-state index contributed by atoms with van der Waals surface area (Å²) in [5.74, 6) is -1.37. The van der Waals surface area contributed by atoms with Gasteiger partial charge in [-0.25, -0.2) is 4.79 Å². The molecule has 0 radical (unpaired) electrons. The normalized spacial score (nSPS) is 18.7. The zero-order chi connectivity index (χ0) is 14.9. The van der Waals surface area contributed by atoms with E-state index in [1.54, 1.807) is 0 Å². The first-order valence-electron chi connectivity index (χ1n) is 5.67. The molecular weight excluding hydrogens is 277 g/mol. The molecular formula is C13H11F3O4. The Morgan fingerprint density at radius 2 is 2.10 bits per heavy atom. The molecule has 0 aromatic heterocycles. The smallest absolute Gasteiger partial charge is 0.420 e. The third kappa shape index (κ3) is 2.71. The van der Waals surface area contributed by atoms with E-state index >= 15 is 0 Å². The van der Waals surface area contributed by atoms with Crippen LogP contribution in [0.4, 0.5) is 13.2 Å². The summed E-state index contributed by atoms with van der Waals surface area (Å²) >= 11 is 0. The maximum atomic E-state index is 12.9. The monoisotopic (exact) mass is 288 g/mol. The summed E-state index contributed by atoms with van der Waals surface area (Å²) in [6.07, 6.45) is -4.76. The summed E-state index contributed by atoms with van der Waals surface area (Å²) in [6, 6.07) is 3.48. The third-order valence-electron chi connectivity index (χ3n) is 2.89. The Hall–Kier alpha value is -2.18. The van der Waals surface area contributed by atoms with E-state index in [-0.39, 0.29) is 17.7 Å². The Balaban J connectivity index is 2.34. The number of carbonyl (C=O) groups is 1. The lowest BCUT2D eigenvalue weighted by Gasteiger charge is -2.18. The van der Waals surface area contributed by atoms with E-state index in [9.17, 15) is 23.1 Å². The number of alkyl halides is 3. The maximum Gasteiger partial charge on any atom is 0.420 e. The standard InChI is InChI=1S/C13H11F3O4/c1-19-9-6-11(18)20-10(9)5-7-3-2-4-8(17)12(7)13(14,15)16/h2-4,6,10,17H,5H2,1H3. The number of esters is 1. The van der Waals surface area contributed by atoms with Crippen molar-refractivity contribution < 1.29 is 32.5 Å². The van der Waals surface area contributed by atoms with Gasteiger partial charge in [0.1, 0.15) is 17.1 Å². The number of halogens is 3. The topological polar surface area (TPSA) is 55.8 Å². The van der Waals surface area contributed by atoms with Crippen LogP contribution in [0.2, 0.25) is 0 Å². The predicted octanol–water partition coefficient (Wildman–Crippen LogP) is 2.41. The minimum Gasteiger partial charge on any atom is -0.507 e. The lowest BCUT2D eigenvalue weighted by Crippen LogP contribution is -2.19. The van der Waals surface area contributed by atoms with E-state index in [0.29, 0.717) is 0 Å². The fraction of sp³-hybridized carbons (Fsp3) is 0.308. The summed E-state index contributed by atoms with van der Waals surface area (Å²) in [4.78, 5) is 11.1. The first-order chi connectivity index (χ1) is 9.32. The van der Waals surface area contributed by atoms with Gasteiger partial charge in [0.15, 0.2) is 6.10 Å². The number of ether oxygens (including phenoxy) is 2. The first-order valence-corrected chi connectivity index (χ1v) is 5.67. The van der Waals surface area contributed by atoms with Crippen LogP contribution in [0.1, 0.15) is 11.1 Å². The van der Waals surface area contributed by atoms with E-state index in [4.69, 9.17) is 9.47 Å². The van der Waals surface area contributed by atoms with Gasteiger partial charge >= 0.3 is 12.1 Å². The number of phenols is 1. The minimum absolute atomic E-state index is 0.159. The summed E-state index contributed by atoms with van der Waals surface area (Å²) in [7, 11) is 1.30. The third-order valence-corrected chi connectivity index (χ3v) is 2.89. The molecule has 1 aliphatic heterocycles. The molecule has 7 heteroatoms. The molecule has 4 nitrogen and oxygen atoms in total. The van der Waals surface area contributed by atoms with Crippen LogP contribution < -0.4 is 0 Å². The van der Waals surface area contributed by atoms with Gasteiger partial charge in [0.2, 0.25) is 0 Å². The van der Waals surface area contributed by atoms with Gasteiger partial charge < -0.3 is 14.6 Å². The molecule has 1 N–H and O–H groups in total. The second-order valence-electron chi connectivity index (χ2n) is 4.19. The minimum atomic E-state index is -4.69. The molecule has 1 unspecified atom stereocenters. The van der Waals surface area contributed by atoms with Gasteiger partial charge in [-0.2, -0.15) is 13.2 Å². The quantitative estimate of drug-likeness (QED) is 0.868. The van der Waals surface area contributed by atoms with Gasteiger partial charge in [-0.3, -0.25) is 0 Å². The molecule has 0 amide bonds. The first kappa shape index (κ1) is 14.2. The van der Waals surface area contributed by atoms with Gasteiger partial charge in [-0.05, 0) is 11.6 Å². The summed E-state index contributed by atoms with van der Waals surface area (Å²) in [5.41, 5.74) is -1.29. The number of aromatic hydroxyl groups is 1. The van der Waals surface area contributed by atoms with E-state index < -0.39 is 29.6 Å². The molecule has 0 fully saturated rings. The largest absolute Gasteiger partial charge is 0.507 e. The van der Waals surface area contributed by atoms with Gasteiger partial charge in [0, 0.05) is 6.42 Å². The van der Waals surface area contributed by atoms with Crippen LogP contribution in [0.5, 0.6) is 5.75 Å². The van der Waals surface area contributed by atoms with Crippen LogP contribution in [0.3, 0.4) is 0 Å². The van der Waals surface area contributed by atoms with E-state index in [0.717, 1.165) is 12.1 Å². The average Bonchev–Trinajstić information content (AvgIpc) is 2.67. The summed E-state index contributed by atoms with van der Waals surface area (Å²) < 4.78 is 48.5. The van der Waals surface area contributed by atoms with Gasteiger partial charge in [0.25, 0.3) is 0 Å². The second-order valence-corrected chi connectivity index (χ2v) is 4.19. The van der Waals surface area contributed by atoms with Crippen molar-refractivity contribution in [2.75, 3.05) is 7.11 Å². The molecule has 108 valence electrons. The number of cyclic esters (lactones) is 1. The number of carbonyl (C=O) groups excluding carboxylic acids is 1. The lowest BCUT2D eigenvalue weighted by molar-refractivity contribution is -0.140. The van der Waals surface area contributed by atoms with Crippen LogP contribution >= 0.6 is 0 Å². The molecule has 1 aromatic carbocycles. The van der Waals surface area contributed by atoms with Crippen molar-refractivity contribution in [1.29, 1.82) is 0 Å². The van der Waals surface area contributed by atoms with Crippen molar-refractivity contribution >= 4 is 5.97 Å². The highest BCUT2D eigenvalue weighted by atomic mass is 19.4. The number of methoxy groups -OCH3 is 1. The average molecular weight is 288 g/mol. The molecule has 1 heterocycles. The molecule has 0 bridgehead atoms. The van der Waals surface area contributed by atoms with Crippen molar-refractivity contribution in [2.24, 2.45) is 0 Å². The zero-order valence-corrected chi connectivity index (χ0v) is 10.4. The van der Waals surface area contributed by atoms with E-state index in [1.165, 1.54) is 19.2 Å². The molecule has 0 saturated heterocycles. The number of benzene rings is 1. The lowest BCUT2D eigenvalue weighted by atomic mass is 9.99. The maximum absolute atomic E-state index is 12.9. The van der Waals surface area contributed by atoms with Gasteiger partial charge in [0.05, 0.1) is 13.2 Å². The molecule has 0 aliphatic carbocycles. The Kier molecular flexibility index (Phi) is 3.61. The fourth-order valence-corrected chi connectivity index (χ4v) is 2.06. The summed E-state index contributed by atoms with van der Waals surface area (Å²) in [5, 5.41) is 9.40. The molecule has 1 aromatic rings. The Bertz CT molecular complexity index is 563. The number of hydrogen-bond acceptors (Lipinski definition) is 4. The van der Waals surface area contributed by atoms with Crippen molar-refractivity contribution in [3.63, 3.8) is 0 Å². The molecule has 1 aliphatic rings. The summed E-state index contributed by atoms with van der Waals surface area (Å²) in [6.45, 7) is 0. The van der Waals surface area contributed by atoms with E-state index in [2.05, 4.69) is 0 Å². The molecule has 0 saturated carbocycles. The van der Waals surface area contributed by atoms with Crippen LogP contribution in [0.25, 0.3) is 0 Å². The van der Waals surface area contributed by atoms with Crippen molar-refractivity contribution in [1.82, 2.24) is 0 Å². The van der Waals surface area contributed by atoms with Crippen molar-refractivity contribution in [2.45, 2.75) is 18.7 Å². The number of hydrogen-bond donors (Lipinski definition) is 1. The Morgan fingerprint density at radius 3 is 2.70 bits per heavy atom. The highest BCUT2D eigenvalue weighted by Gasteiger charge is 2.38. The Labute approximate surface area is 112 Å². The molecule has 2 rings (SSSR count). The second kappa shape index (κ2) is 5.07. The molecule has 1 atom stereocenters. The SMILES string of the molecule is COC1=CC(=O)OC1Cc1cccc(O)c1C(F)(F)F. The van der Waals surface area contributed by atoms with Crippen molar-refractivity contribution in [3.05, 3.63) is 41.2 Å². The predicted molar refractivity (Wildman–Crippen MR) is 61.8 cm³/mol. The van der Waals surface area contributed by atoms with E-state index in [1.807, 2.05) is 0 Å². The number of rotatable bonds is 3. The van der Waals surface area contributed by atoms with Gasteiger partial charge in [-0.1, -0.05) is 12.1 Å². The van der Waals surface area contributed by atoms with Crippen LogP contribution in [0.15, 0.2) is 30.0 Å². The highest BCUT2D eigenvalue weighted by Crippen LogP contribution is 2.39. The van der Waals surface area contributed by atoms with Crippen LogP contribution in [0, 0.1) is 0 Å². The Morgan fingerprint density at radius 1 is 1.40 bits per heavy atom. The highest BCUT2D eigenvalue weighted by molar-refractivity contribution is 5.85. The van der Waals surface area contributed by atoms with Crippen LogP contribution in [-0.4, -0.2) is 24.3 Å². The molecule has 20 heavy (non-hydrogen) atoms. The molecule has 0 spiro atoms. The fourth-order valence-electron chi connectivity index (χ4n) is 2.06.